The molecule has 164 valence electrons. The van der Waals surface area contributed by atoms with Gasteiger partial charge in [-0.1, -0.05) is 45.0 Å². The Morgan fingerprint density at radius 1 is 0.969 bits per heavy atom. The average Bonchev–Trinajstić information content (AvgIpc) is 3.25. The summed E-state index contributed by atoms with van der Waals surface area (Å²) in [6, 6.07) is 13.3. The van der Waals surface area contributed by atoms with Gasteiger partial charge in [0.05, 0.1) is 36.9 Å². The monoisotopic (exact) mass is 431 g/mol. The third-order valence-electron chi connectivity index (χ3n) is 6.63. The van der Waals surface area contributed by atoms with Gasteiger partial charge in [0.25, 0.3) is 0 Å². The largest absolute Gasteiger partial charge is 0.497 e. The van der Waals surface area contributed by atoms with Crippen LogP contribution in [0.3, 0.4) is 0 Å². The molecule has 5 rings (SSSR count). The molecule has 2 aromatic carbocycles. The highest BCUT2D eigenvalue weighted by Gasteiger charge is 2.66. The summed E-state index contributed by atoms with van der Waals surface area (Å²) in [7, 11) is 1.56. The van der Waals surface area contributed by atoms with E-state index in [1.165, 1.54) is 4.90 Å². The topological polar surface area (TPSA) is 79.3 Å². The quantitative estimate of drug-likeness (QED) is 0.698. The van der Waals surface area contributed by atoms with E-state index in [0.29, 0.717) is 11.4 Å². The number of nitrogens with zero attached hydrogens (tertiary/aromatic N) is 3. The number of anilines is 1. The second-order valence-corrected chi connectivity index (χ2v) is 9.52. The molecule has 0 aromatic heterocycles. The zero-order valence-corrected chi connectivity index (χ0v) is 18.5. The zero-order valence-electron chi connectivity index (χ0n) is 18.5. The molecule has 3 aliphatic heterocycles. The number of hydrogen-bond acceptors (Lipinski definition) is 6. The molecule has 2 amide bonds. The maximum absolute atomic E-state index is 13.7. The second kappa shape index (κ2) is 7.02. The summed E-state index contributed by atoms with van der Waals surface area (Å²) in [5.74, 6) is -1.57. The summed E-state index contributed by atoms with van der Waals surface area (Å²) in [6.45, 7) is 5.51. The van der Waals surface area contributed by atoms with Crippen LogP contribution in [0.2, 0.25) is 0 Å². The minimum atomic E-state index is -0.797. The van der Waals surface area contributed by atoms with Crippen LogP contribution in [0.1, 0.15) is 37.9 Å². The van der Waals surface area contributed by atoms with Gasteiger partial charge in [0.2, 0.25) is 11.8 Å². The van der Waals surface area contributed by atoms with Gasteiger partial charge in [0.1, 0.15) is 11.8 Å². The minimum absolute atomic E-state index is 0.0933. The molecule has 7 heteroatoms. The summed E-state index contributed by atoms with van der Waals surface area (Å²) in [4.78, 5) is 42.2. The first kappa shape index (κ1) is 20.4. The van der Waals surface area contributed by atoms with Crippen LogP contribution in [-0.4, -0.2) is 42.0 Å². The maximum Gasteiger partial charge on any atom is 0.240 e. The third kappa shape index (κ3) is 2.80. The molecule has 0 aliphatic carbocycles. The molecule has 0 radical (unpaired) electrons. The zero-order chi connectivity index (χ0) is 22.8. The van der Waals surface area contributed by atoms with Crippen LogP contribution in [0.15, 0.2) is 53.6 Å². The number of ether oxygens (including phenoxy) is 1. The number of ketones is 1. The van der Waals surface area contributed by atoms with Gasteiger partial charge in [-0.25, -0.2) is 4.90 Å². The Kier molecular flexibility index (Phi) is 4.48. The molecule has 4 atom stereocenters. The number of hydrazone groups is 1. The number of methoxy groups -OCH3 is 1. The molecule has 2 aromatic rings. The van der Waals surface area contributed by atoms with Crippen LogP contribution >= 0.6 is 0 Å². The van der Waals surface area contributed by atoms with Gasteiger partial charge in [-0.3, -0.25) is 19.4 Å². The van der Waals surface area contributed by atoms with Crippen LogP contribution in [0, 0.1) is 17.3 Å². The Morgan fingerprint density at radius 2 is 1.62 bits per heavy atom. The molecule has 2 fully saturated rings. The first-order valence-electron chi connectivity index (χ1n) is 10.7. The molecule has 2 saturated heterocycles. The maximum atomic E-state index is 13.7. The summed E-state index contributed by atoms with van der Waals surface area (Å²) >= 11 is 0. The van der Waals surface area contributed by atoms with E-state index >= 15 is 0 Å². The first-order chi connectivity index (χ1) is 15.2. The van der Waals surface area contributed by atoms with E-state index in [0.717, 1.165) is 11.1 Å². The van der Waals surface area contributed by atoms with Gasteiger partial charge in [0.15, 0.2) is 5.78 Å². The highest BCUT2D eigenvalue weighted by atomic mass is 16.5. The lowest BCUT2D eigenvalue weighted by molar-refractivity contribution is -0.136. The molecular formula is C25H25N3O4. The van der Waals surface area contributed by atoms with Crippen LogP contribution in [0.25, 0.3) is 0 Å². The SMILES string of the molecule is COc1ccc(N2C(=O)[C@@H]3[C@H](C2=O)[C@H]2c4ccccc4C=NN2[C@@H]3C(=O)C(C)(C)C)cc1. The van der Waals surface area contributed by atoms with Crippen LogP contribution in [0.4, 0.5) is 5.69 Å². The van der Waals surface area contributed by atoms with Gasteiger partial charge in [-0.05, 0) is 35.4 Å². The number of fused-ring (bicyclic) bond motifs is 5. The molecule has 32 heavy (non-hydrogen) atoms. The van der Waals surface area contributed by atoms with E-state index in [2.05, 4.69) is 5.10 Å². The van der Waals surface area contributed by atoms with E-state index in [-0.39, 0.29) is 17.6 Å². The Morgan fingerprint density at radius 3 is 2.28 bits per heavy atom. The van der Waals surface area contributed by atoms with Gasteiger partial charge >= 0.3 is 0 Å². The van der Waals surface area contributed by atoms with E-state index in [4.69, 9.17) is 4.74 Å². The Bertz CT molecular complexity index is 1150. The van der Waals surface area contributed by atoms with Gasteiger partial charge in [-0.15, -0.1) is 0 Å². The molecule has 3 aliphatic rings. The van der Waals surface area contributed by atoms with E-state index in [1.54, 1.807) is 42.6 Å². The molecule has 0 saturated carbocycles. The van der Waals surface area contributed by atoms with Crippen LogP contribution in [0.5, 0.6) is 5.75 Å². The Balaban J connectivity index is 1.64. The number of Topliss-reactive ketones (excluding diaryl/α,β-unsaturated/α-hetero) is 1. The Hall–Kier alpha value is -3.48. The highest BCUT2D eigenvalue weighted by Crippen LogP contribution is 2.53. The summed E-state index contributed by atoms with van der Waals surface area (Å²) in [5.41, 5.74) is 1.61. The average molecular weight is 431 g/mol. The number of carbonyl (C=O) groups excluding carboxylic acids is 3. The lowest BCUT2D eigenvalue weighted by Gasteiger charge is -2.35. The fraction of sp³-hybridized carbons (Fsp3) is 0.360. The fourth-order valence-corrected chi connectivity index (χ4v) is 5.10. The van der Waals surface area contributed by atoms with Crippen molar-refractivity contribution in [1.82, 2.24) is 5.01 Å². The van der Waals surface area contributed by atoms with Crippen molar-refractivity contribution in [2.24, 2.45) is 22.4 Å². The summed E-state index contributed by atoms with van der Waals surface area (Å²) in [5, 5.41) is 6.27. The van der Waals surface area contributed by atoms with E-state index in [1.807, 2.05) is 45.0 Å². The van der Waals surface area contributed by atoms with Crippen molar-refractivity contribution in [3.8, 4) is 5.75 Å². The summed E-state index contributed by atoms with van der Waals surface area (Å²) < 4.78 is 5.20. The normalized spacial score (nSPS) is 26.1. The van der Waals surface area contributed by atoms with Gasteiger partial charge in [-0.2, -0.15) is 5.10 Å². The standard InChI is InChI=1S/C25H25N3O4/c1-25(2,3)22(29)21-19-18(20-17-8-6-5-7-14(17)13-26-28(20)21)23(30)27(24(19)31)15-9-11-16(32-4)12-10-15/h5-13,18-21H,1-4H3/t18-,19+,20+,21-/m0/s1. The van der Waals surface area contributed by atoms with Crippen LogP contribution in [-0.2, 0) is 14.4 Å². The van der Waals surface area contributed by atoms with Crippen molar-refractivity contribution >= 4 is 29.5 Å². The van der Waals surface area contributed by atoms with Gasteiger partial charge in [0, 0.05) is 5.41 Å². The minimum Gasteiger partial charge on any atom is -0.497 e. The molecular weight excluding hydrogens is 406 g/mol. The van der Waals surface area contributed by atoms with Crippen LogP contribution < -0.4 is 9.64 Å². The number of benzene rings is 2. The van der Waals surface area contributed by atoms with Crippen molar-refractivity contribution in [2.75, 3.05) is 12.0 Å². The first-order valence-corrected chi connectivity index (χ1v) is 10.7. The predicted octanol–water partition coefficient (Wildman–Crippen LogP) is 3.19. The van der Waals surface area contributed by atoms with Crippen molar-refractivity contribution in [2.45, 2.75) is 32.9 Å². The van der Waals surface area contributed by atoms with E-state index in [9.17, 15) is 14.4 Å². The fourth-order valence-electron chi connectivity index (χ4n) is 5.10. The molecule has 0 spiro atoms. The van der Waals surface area contributed by atoms with E-state index < -0.39 is 29.3 Å². The lowest BCUT2D eigenvalue weighted by atomic mass is 9.79. The third-order valence-corrected chi connectivity index (χ3v) is 6.63. The second-order valence-electron chi connectivity index (χ2n) is 9.52. The predicted molar refractivity (Wildman–Crippen MR) is 119 cm³/mol. The summed E-state index contributed by atoms with van der Waals surface area (Å²) in [6.07, 6.45) is 1.71. The van der Waals surface area contributed by atoms with Crippen molar-refractivity contribution in [3.05, 3.63) is 59.7 Å². The van der Waals surface area contributed by atoms with Crippen molar-refractivity contribution < 1.29 is 19.1 Å². The smallest absolute Gasteiger partial charge is 0.240 e. The molecule has 7 nitrogen and oxygen atoms in total. The number of hydrogen-bond donors (Lipinski definition) is 0. The van der Waals surface area contributed by atoms with Crippen molar-refractivity contribution in [1.29, 1.82) is 0 Å². The number of imide groups is 1. The van der Waals surface area contributed by atoms with Gasteiger partial charge < -0.3 is 4.74 Å². The highest BCUT2D eigenvalue weighted by molar-refractivity contribution is 6.24. The number of rotatable bonds is 3. The van der Waals surface area contributed by atoms with Crippen molar-refractivity contribution in [3.63, 3.8) is 0 Å². The Labute approximate surface area is 186 Å². The molecule has 0 N–H and O–H groups in total. The molecule has 0 bridgehead atoms. The number of carbonyl (C=O) groups is 3. The number of amides is 2. The molecule has 3 heterocycles. The lowest BCUT2D eigenvalue weighted by Crippen LogP contribution is -2.48. The molecule has 0 unspecified atom stereocenters.